The molecule has 3 atom stereocenters. The van der Waals surface area contributed by atoms with E-state index in [1.54, 1.807) is 7.11 Å². The van der Waals surface area contributed by atoms with E-state index in [9.17, 15) is 5.11 Å². The molecule has 1 aliphatic carbocycles. The van der Waals surface area contributed by atoms with Crippen molar-refractivity contribution in [1.29, 1.82) is 0 Å². The Morgan fingerprint density at radius 1 is 1.53 bits per heavy atom. The molecule has 1 saturated carbocycles. The number of ether oxygens (including phenoxy) is 1. The van der Waals surface area contributed by atoms with Crippen LogP contribution in [0.25, 0.3) is 0 Å². The van der Waals surface area contributed by atoms with Gasteiger partial charge in [0.2, 0.25) is 0 Å². The summed E-state index contributed by atoms with van der Waals surface area (Å²) in [5.74, 6) is 0.690. The lowest BCUT2D eigenvalue weighted by Gasteiger charge is -2.42. The monoisotopic (exact) mass is 214 g/mol. The topological polar surface area (TPSA) is 29.5 Å². The molecule has 0 bridgehead atoms. The summed E-state index contributed by atoms with van der Waals surface area (Å²) >= 11 is 0. The van der Waals surface area contributed by atoms with Crippen LogP contribution in [0.2, 0.25) is 0 Å². The second-order valence-electron chi connectivity index (χ2n) is 5.13. The Kier molecular flexibility index (Phi) is 5.07. The SMILES string of the molecule is CCCCC(O)C1(OC)CCCC(C)C1. The zero-order chi connectivity index (χ0) is 11.3. The molecule has 0 aromatic carbocycles. The minimum atomic E-state index is -0.273. The molecular formula is C13H26O2. The smallest absolute Gasteiger partial charge is 0.0938 e. The minimum Gasteiger partial charge on any atom is -0.390 e. The van der Waals surface area contributed by atoms with Crippen LogP contribution in [0.1, 0.15) is 58.8 Å². The lowest BCUT2D eigenvalue weighted by molar-refractivity contribution is -0.134. The summed E-state index contributed by atoms with van der Waals surface area (Å²) in [7, 11) is 1.76. The van der Waals surface area contributed by atoms with Crippen molar-refractivity contribution in [3.63, 3.8) is 0 Å². The van der Waals surface area contributed by atoms with Gasteiger partial charge < -0.3 is 9.84 Å². The molecular weight excluding hydrogens is 188 g/mol. The average molecular weight is 214 g/mol. The van der Waals surface area contributed by atoms with E-state index in [2.05, 4.69) is 13.8 Å². The third kappa shape index (κ3) is 3.18. The lowest BCUT2D eigenvalue weighted by Crippen LogP contribution is -2.47. The number of aliphatic hydroxyl groups excluding tert-OH is 1. The van der Waals surface area contributed by atoms with E-state index >= 15 is 0 Å². The first kappa shape index (κ1) is 13.0. The normalized spacial score (nSPS) is 34.0. The number of hydrogen-bond donors (Lipinski definition) is 1. The first-order chi connectivity index (χ1) is 7.14. The van der Waals surface area contributed by atoms with Crippen molar-refractivity contribution in [2.45, 2.75) is 70.5 Å². The third-order valence-corrected chi connectivity index (χ3v) is 3.84. The third-order valence-electron chi connectivity index (χ3n) is 3.84. The Bertz CT molecular complexity index is 181. The van der Waals surface area contributed by atoms with Crippen LogP contribution in [0, 0.1) is 5.92 Å². The number of unbranched alkanes of at least 4 members (excludes halogenated alkanes) is 1. The highest BCUT2D eigenvalue weighted by Gasteiger charge is 2.40. The molecule has 90 valence electrons. The zero-order valence-corrected chi connectivity index (χ0v) is 10.5. The Morgan fingerprint density at radius 2 is 2.27 bits per heavy atom. The van der Waals surface area contributed by atoms with Gasteiger partial charge in [-0.05, 0) is 25.2 Å². The van der Waals surface area contributed by atoms with Crippen molar-refractivity contribution in [2.24, 2.45) is 5.92 Å². The molecule has 2 heteroatoms. The van der Waals surface area contributed by atoms with Crippen LogP contribution in [0.5, 0.6) is 0 Å². The highest BCUT2D eigenvalue weighted by Crippen LogP contribution is 2.38. The van der Waals surface area contributed by atoms with E-state index < -0.39 is 0 Å². The van der Waals surface area contributed by atoms with Crippen molar-refractivity contribution in [3.05, 3.63) is 0 Å². The van der Waals surface area contributed by atoms with Crippen molar-refractivity contribution >= 4 is 0 Å². The molecule has 0 amide bonds. The molecule has 15 heavy (non-hydrogen) atoms. The van der Waals surface area contributed by atoms with Crippen molar-refractivity contribution in [1.82, 2.24) is 0 Å². The Morgan fingerprint density at radius 3 is 2.80 bits per heavy atom. The molecule has 1 N–H and O–H groups in total. The largest absolute Gasteiger partial charge is 0.390 e. The molecule has 0 aliphatic heterocycles. The molecule has 0 aromatic rings. The van der Waals surface area contributed by atoms with Crippen LogP contribution >= 0.6 is 0 Å². The fraction of sp³-hybridized carbons (Fsp3) is 1.00. The van der Waals surface area contributed by atoms with Gasteiger partial charge in [-0.15, -0.1) is 0 Å². The van der Waals surface area contributed by atoms with Crippen LogP contribution in [-0.2, 0) is 4.74 Å². The molecule has 1 rings (SSSR count). The highest BCUT2D eigenvalue weighted by molar-refractivity contribution is 4.92. The fourth-order valence-corrected chi connectivity index (χ4v) is 2.83. The molecule has 1 fully saturated rings. The zero-order valence-electron chi connectivity index (χ0n) is 10.5. The van der Waals surface area contributed by atoms with Crippen molar-refractivity contribution in [2.75, 3.05) is 7.11 Å². The van der Waals surface area contributed by atoms with Gasteiger partial charge in [-0.2, -0.15) is 0 Å². The Balaban J connectivity index is 2.57. The maximum atomic E-state index is 10.2. The molecule has 0 saturated heterocycles. The van der Waals surface area contributed by atoms with Gasteiger partial charge in [0.25, 0.3) is 0 Å². The maximum Gasteiger partial charge on any atom is 0.0938 e. The molecule has 0 radical (unpaired) electrons. The van der Waals surface area contributed by atoms with Gasteiger partial charge in [0, 0.05) is 7.11 Å². The van der Waals surface area contributed by atoms with Gasteiger partial charge in [0.05, 0.1) is 11.7 Å². The van der Waals surface area contributed by atoms with E-state index in [0.29, 0.717) is 5.92 Å². The van der Waals surface area contributed by atoms with Gasteiger partial charge >= 0.3 is 0 Å². The van der Waals surface area contributed by atoms with Gasteiger partial charge in [-0.1, -0.05) is 39.5 Å². The summed E-state index contributed by atoms with van der Waals surface area (Å²) in [4.78, 5) is 0. The van der Waals surface area contributed by atoms with Crippen LogP contribution in [0.4, 0.5) is 0 Å². The van der Waals surface area contributed by atoms with Crippen molar-refractivity contribution in [3.8, 4) is 0 Å². The maximum absolute atomic E-state index is 10.2. The second-order valence-corrected chi connectivity index (χ2v) is 5.13. The minimum absolute atomic E-state index is 0.243. The lowest BCUT2D eigenvalue weighted by atomic mass is 9.74. The number of hydrogen-bond acceptors (Lipinski definition) is 2. The predicted octanol–water partition coefficient (Wildman–Crippen LogP) is 3.13. The summed E-state index contributed by atoms with van der Waals surface area (Å²) < 4.78 is 5.66. The highest BCUT2D eigenvalue weighted by atomic mass is 16.5. The van der Waals surface area contributed by atoms with Crippen LogP contribution < -0.4 is 0 Å². The first-order valence-electron chi connectivity index (χ1n) is 6.38. The molecule has 0 heterocycles. The fourth-order valence-electron chi connectivity index (χ4n) is 2.83. The number of methoxy groups -OCH3 is 1. The molecule has 3 unspecified atom stereocenters. The summed E-state index contributed by atoms with van der Waals surface area (Å²) in [6.07, 6.45) is 7.38. The summed E-state index contributed by atoms with van der Waals surface area (Å²) in [5, 5.41) is 10.2. The first-order valence-corrected chi connectivity index (χ1v) is 6.38. The summed E-state index contributed by atoms with van der Waals surface area (Å²) in [5.41, 5.74) is -0.243. The van der Waals surface area contributed by atoms with Crippen LogP contribution in [0.15, 0.2) is 0 Å². The van der Waals surface area contributed by atoms with Crippen LogP contribution in [-0.4, -0.2) is 23.9 Å². The van der Waals surface area contributed by atoms with Gasteiger partial charge in [-0.3, -0.25) is 0 Å². The Labute approximate surface area is 94.0 Å². The van der Waals surface area contributed by atoms with Gasteiger partial charge in [0.15, 0.2) is 0 Å². The standard InChI is InChI=1S/C13H26O2/c1-4-5-8-12(14)13(15-3)9-6-7-11(2)10-13/h11-12,14H,4-10H2,1-3H3. The molecule has 0 aromatic heterocycles. The number of aliphatic hydroxyl groups is 1. The quantitative estimate of drug-likeness (QED) is 0.762. The van der Waals surface area contributed by atoms with E-state index in [1.165, 1.54) is 12.8 Å². The van der Waals surface area contributed by atoms with Crippen LogP contribution in [0.3, 0.4) is 0 Å². The van der Waals surface area contributed by atoms with Gasteiger partial charge in [0.1, 0.15) is 0 Å². The number of rotatable bonds is 5. The summed E-state index contributed by atoms with van der Waals surface area (Å²) in [6.45, 7) is 4.43. The average Bonchev–Trinajstić information content (AvgIpc) is 2.25. The molecule has 2 nitrogen and oxygen atoms in total. The van der Waals surface area contributed by atoms with Crippen molar-refractivity contribution < 1.29 is 9.84 Å². The summed E-state index contributed by atoms with van der Waals surface area (Å²) in [6, 6.07) is 0. The van der Waals surface area contributed by atoms with E-state index in [1.807, 2.05) is 0 Å². The van der Waals surface area contributed by atoms with E-state index in [-0.39, 0.29) is 11.7 Å². The Hall–Kier alpha value is -0.0800. The second kappa shape index (κ2) is 5.86. The molecule has 1 aliphatic rings. The van der Waals surface area contributed by atoms with E-state index in [4.69, 9.17) is 4.74 Å². The van der Waals surface area contributed by atoms with Gasteiger partial charge in [-0.25, -0.2) is 0 Å². The predicted molar refractivity (Wildman–Crippen MR) is 62.9 cm³/mol. The molecule has 0 spiro atoms. The van der Waals surface area contributed by atoms with E-state index in [0.717, 1.165) is 32.1 Å².